The molecule has 1 aliphatic rings. The summed E-state index contributed by atoms with van der Waals surface area (Å²) in [4.78, 5) is 2.56. The van der Waals surface area contributed by atoms with Crippen molar-refractivity contribution in [1.82, 2.24) is 0 Å². The second kappa shape index (κ2) is 5.40. The van der Waals surface area contributed by atoms with Crippen molar-refractivity contribution in [3.05, 3.63) is 42.0 Å². The zero-order valence-electron chi connectivity index (χ0n) is 12.8. The highest BCUT2D eigenvalue weighted by Gasteiger charge is 2.30. The molecule has 0 aliphatic carbocycles. The lowest BCUT2D eigenvalue weighted by Gasteiger charge is -2.31. The minimum atomic E-state index is 0.138. The number of rotatable bonds is 3. The summed E-state index contributed by atoms with van der Waals surface area (Å²) < 4.78 is 0. The van der Waals surface area contributed by atoms with Gasteiger partial charge >= 0.3 is 0 Å². The highest BCUT2D eigenvalue weighted by Crippen LogP contribution is 2.37. The number of hydrogen-bond acceptors (Lipinski definition) is 2. The predicted molar refractivity (Wildman–Crippen MR) is 90.2 cm³/mol. The van der Waals surface area contributed by atoms with Crippen molar-refractivity contribution < 1.29 is 0 Å². The van der Waals surface area contributed by atoms with Crippen molar-refractivity contribution in [3.63, 3.8) is 0 Å². The Morgan fingerprint density at radius 1 is 1.19 bits per heavy atom. The summed E-state index contributed by atoms with van der Waals surface area (Å²) in [6.07, 6.45) is 3.69. The molecule has 110 valence electrons. The summed E-state index contributed by atoms with van der Waals surface area (Å²) in [6, 6.07) is 13.6. The van der Waals surface area contributed by atoms with Crippen LogP contribution in [0.4, 0.5) is 5.69 Å². The van der Waals surface area contributed by atoms with Gasteiger partial charge < -0.3 is 10.6 Å². The Labute approximate surface area is 126 Å². The van der Waals surface area contributed by atoms with Crippen LogP contribution < -0.4 is 10.6 Å². The number of amidine groups is 1. The topological polar surface area (TPSA) is 53.1 Å². The average Bonchev–Trinajstić information content (AvgIpc) is 2.86. The maximum Gasteiger partial charge on any atom is 0.123 e. The van der Waals surface area contributed by atoms with Crippen LogP contribution in [-0.4, -0.2) is 17.9 Å². The summed E-state index contributed by atoms with van der Waals surface area (Å²) in [6.45, 7) is 4.57. The van der Waals surface area contributed by atoms with Gasteiger partial charge in [-0.2, -0.15) is 0 Å². The van der Waals surface area contributed by atoms with Gasteiger partial charge in [-0.3, -0.25) is 5.41 Å². The molecule has 1 fully saturated rings. The molecular formula is C18H23N3. The monoisotopic (exact) mass is 281 g/mol. The first-order valence-electron chi connectivity index (χ1n) is 7.78. The Hall–Kier alpha value is -2.03. The Kier molecular flexibility index (Phi) is 3.58. The van der Waals surface area contributed by atoms with Crippen molar-refractivity contribution in [1.29, 1.82) is 5.41 Å². The maximum atomic E-state index is 7.78. The predicted octanol–water partition coefficient (Wildman–Crippen LogP) is 3.89. The number of benzene rings is 2. The van der Waals surface area contributed by atoms with Gasteiger partial charge in [-0.1, -0.05) is 31.2 Å². The van der Waals surface area contributed by atoms with Gasteiger partial charge in [0.25, 0.3) is 0 Å². The molecule has 2 unspecified atom stereocenters. The molecule has 3 N–H and O–H groups in total. The van der Waals surface area contributed by atoms with Crippen LogP contribution in [0.2, 0.25) is 0 Å². The number of nitrogens with two attached hydrogens (primary N) is 1. The summed E-state index contributed by atoms with van der Waals surface area (Å²) >= 11 is 0. The summed E-state index contributed by atoms with van der Waals surface area (Å²) in [5, 5.41) is 10.1. The minimum absolute atomic E-state index is 0.138. The number of nitrogens with zero attached hydrogens (tertiary/aromatic N) is 1. The van der Waals surface area contributed by atoms with Gasteiger partial charge in [0.05, 0.1) is 0 Å². The maximum absolute atomic E-state index is 7.78. The quantitative estimate of drug-likeness (QED) is 0.662. The van der Waals surface area contributed by atoms with Crippen LogP contribution in [0.5, 0.6) is 0 Å². The molecule has 3 nitrogen and oxygen atoms in total. The lowest BCUT2D eigenvalue weighted by atomic mass is 10.0. The van der Waals surface area contributed by atoms with Crippen molar-refractivity contribution in [2.24, 2.45) is 5.73 Å². The Balaban J connectivity index is 2.20. The molecule has 0 aromatic heterocycles. The lowest BCUT2D eigenvalue weighted by molar-refractivity contribution is 0.630. The van der Waals surface area contributed by atoms with Gasteiger partial charge in [-0.05, 0) is 43.7 Å². The van der Waals surface area contributed by atoms with Crippen LogP contribution in [0.3, 0.4) is 0 Å². The summed E-state index contributed by atoms with van der Waals surface area (Å²) in [7, 11) is 0. The first kappa shape index (κ1) is 13.9. The van der Waals surface area contributed by atoms with Gasteiger partial charge in [-0.15, -0.1) is 0 Å². The lowest BCUT2D eigenvalue weighted by Crippen LogP contribution is -2.34. The molecule has 2 atom stereocenters. The third kappa shape index (κ3) is 2.27. The second-order valence-corrected chi connectivity index (χ2v) is 5.99. The molecule has 21 heavy (non-hydrogen) atoms. The smallest absolute Gasteiger partial charge is 0.123 e. The van der Waals surface area contributed by atoms with E-state index in [2.05, 4.69) is 43.0 Å². The van der Waals surface area contributed by atoms with E-state index in [0.717, 1.165) is 10.9 Å². The van der Waals surface area contributed by atoms with Crippen LogP contribution >= 0.6 is 0 Å². The van der Waals surface area contributed by atoms with Crippen molar-refractivity contribution in [3.8, 4) is 0 Å². The normalized spacial score (nSPS) is 21.9. The Morgan fingerprint density at radius 2 is 1.90 bits per heavy atom. The number of nitrogens with one attached hydrogen (secondary N) is 1. The number of fused-ring (bicyclic) bond motifs is 1. The van der Waals surface area contributed by atoms with Crippen LogP contribution in [-0.2, 0) is 0 Å². The van der Waals surface area contributed by atoms with Crippen molar-refractivity contribution in [2.45, 2.75) is 45.2 Å². The fraction of sp³-hybridized carbons (Fsp3) is 0.389. The molecule has 1 aliphatic heterocycles. The molecule has 2 aromatic rings. The van der Waals surface area contributed by atoms with E-state index in [9.17, 15) is 0 Å². The molecule has 0 saturated carbocycles. The van der Waals surface area contributed by atoms with Crippen molar-refractivity contribution >= 4 is 22.3 Å². The van der Waals surface area contributed by atoms with Crippen LogP contribution in [0.25, 0.3) is 10.8 Å². The zero-order chi connectivity index (χ0) is 15.0. The minimum Gasteiger partial charge on any atom is -0.384 e. The summed E-state index contributed by atoms with van der Waals surface area (Å²) in [5.74, 6) is 0.138. The number of hydrogen-bond donors (Lipinski definition) is 2. The third-order valence-corrected chi connectivity index (χ3v) is 4.73. The van der Waals surface area contributed by atoms with E-state index in [0.29, 0.717) is 12.1 Å². The van der Waals surface area contributed by atoms with Gasteiger partial charge in [-0.25, -0.2) is 0 Å². The average molecular weight is 281 g/mol. The Morgan fingerprint density at radius 3 is 2.57 bits per heavy atom. The summed E-state index contributed by atoms with van der Waals surface area (Å²) in [5.41, 5.74) is 7.85. The number of nitrogen functional groups attached to an aromatic ring is 1. The van der Waals surface area contributed by atoms with E-state index in [1.165, 1.54) is 30.3 Å². The molecule has 0 amide bonds. The first-order valence-corrected chi connectivity index (χ1v) is 7.78. The second-order valence-electron chi connectivity index (χ2n) is 5.99. The first-order chi connectivity index (χ1) is 10.1. The molecule has 2 aromatic carbocycles. The fourth-order valence-electron chi connectivity index (χ4n) is 3.65. The highest BCUT2D eigenvalue weighted by atomic mass is 15.2. The van der Waals surface area contributed by atoms with E-state index in [1.54, 1.807) is 0 Å². The van der Waals surface area contributed by atoms with Crippen LogP contribution in [0.1, 0.15) is 38.7 Å². The fourth-order valence-corrected chi connectivity index (χ4v) is 3.65. The zero-order valence-corrected chi connectivity index (χ0v) is 12.8. The molecule has 0 bridgehead atoms. The van der Waals surface area contributed by atoms with E-state index >= 15 is 0 Å². The SMILES string of the molecule is CCC1CCC(C)N1c1ccc(C(=N)N)c2ccccc12. The molecule has 1 saturated heterocycles. The number of anilines is 1. The molecule has 3 heteroatoms. The molecule has 1 heterocycles. The van der Waals surface area contributed by atoms with Gasteiger partial charge in [0, 0.05) is 28.7 Å². The molecule has 0 radical (unpaired) electrons. The van der Waals surface area contributed by atoms with E-state index in [-0.39, 0.29) is 5.84 Å². The standard InChI is InChI=1S/C18H23N3/c1-3-13-9-8-12(2)21(13)17-11-10-16(18(19)20)14-6-4-5-7-15(14)17/h4-7,10-13H,3,8-9H2,1-2H3,(H3,19,20). The third-order valence-electron chi connectivity index (χ3n) is 4.73. The molecule has 3 rings (SSSR count). The van der Waals surface area contributed by atoms with Gasteiger partial charge in [0.15, 0.2) is 0 Å². The Bertz CT molecular complexity index is 677. The van der Waals surface area contributed by atoms with E-state index < -0.39 is 0 Å². The van der Waals surface area contributed by atoms with E-state index in [1.807, 2.05) is 12.1 Å². The largest absolute Gasteiger partial charge is 0.384 e. The van der Waals surface area contributed by atoms with Gasteiger partial charge in [0.2, 0.25) is 0 Å². The molecular weight excluding hydrogens is 258 g/mol. The van der Waals surface area contributed by atoms with Crippen molar-refractivity contribution in [2.75, 3.05) is 4.90 Å². The van der Waals surface area contributed by atoms with Crippen LogP contribution in [0, 0.1) is 5.41 Å². The van der Waals surface area contributed by atoms with Crippen LogP contribution in [0.15, 0.2) is 36.4 Å². The van der Waals surface area contributed by atoms with E-state index in [4.69, 9.17) is 11.1 Å². The molecule has 0 spiro atoms. The van der Waals surface area contributed by atoms with Gasteiger partial charge in [0.1, 0.15) is 5.84 Å². The highest BCUT2D eigenvalue weighted by molar-refractivity contribution is 6.10.